The highest BCUT2D eigenvalue weighted by Crippen LogP contribution is 2.27. The smallest absolute Gasteiger partial charge is 0.256 e. The normalized spacial score (nSPS) is 23.6. The number of pyridine rings is 1. The van der Waals surface area contributed by atoms with Crippen LogP contribution >= 0.6 is 11.8 Å². The third-order valence-electron chi connectivity index (χ3n) is 5.42. The number of aromatic nitrogens is 1. The monoisotopic (exact) mass is 375 g/mol. The number of nitrogens with zero attached hydrogens (tertiary/aromatic N) is 3. The van der Waals surface area contributed by atoms with Gasteiger partial charge in [0.05, 0.1) is 11.4 Å². The van der Waals surface area contributed by atoms with Crippen LogP contribution in [0.5, 0.6) is 5.88 Å². The summed E-state index contributed by atoms with van der Waals surface area (Å²) in [5.74, 6) is 1.79. The molecule has 0 N–H and O–H groups in total. The molecule has 2 aliphatic heterocycles. The van der Waals surface area contributed by atoms with Crippen molar-refractivity contribution in [1.82, 2.24) is 14.8 Å². The topological polar surface area (TPSA) is 62.7 Å². The Hall–Kier alpha value is -1.76. The Morgan fingerprint density at radius 3 is 2.58 bits per heavy atom. The lowest BCUT2D eigenvalue weighted by atomic mass is 10.2. The molecule has 3 heterocycles. The quantitative estimate of drug-likeness (QED) is 0.809. The van der Waals surface area contributed by atoms with Crippen LogP contribution in [0.2, 0.25) is 0 Å². The average Bonchev–Trinajstić information content (AvgIpc) is 3.42. The second kappa shape index (κ2) is 7.86. The van der Waals surface area contributed by atoms with Gasteiger partial charge in [-0.15, -0.1) is 11.8 Å². The molecule has 0 spiro atoms. The molecular weight excluding hydrogens is 350 g/mol. The lowest BCUT2D eigenvalue weighted by Gasteiger charge is -2.27. The van der Waals surface area contributed by atoms with Crippen LogP contribution in [0.1, 0.15) is 48.9 Å². The van der Waals surface area contributed by atoms with E-state index in [0.717, 1.165) is 38.8 Å². The predicted molar refractivity (Wildman–Crippen MR) is 100 cm³/mol. The van der Waals surface area contributed by atoms with Crippen molar-refractivity contribution in [1.29, 1.82) is 0 Å². The third-order valence-corrected chi connectivity index (χ3v) is 6.43. The SMILES string of the molecule is O=C([C@@H]1CSCN1C(=O)c1ccc(OC2CCCC2)nc1)N1CCCC1. The van der Waals surface area contributed by atoms with Crippen LogP contribution in [0, 0.1) is 0 Å². The van der Waals surface area contributed by atoms with Gasteiger partial charge in [-0.3, -0.25) is 9.59 Å². The second-order valence-corrected chi connectivity index (χ2v) is 8.23. The number of hydrogen-bond acceptors (Lipinski definition) is 5. The zero-order valence-electron chi connectivity index (χ0n) is 14.9. The zero-order valence-corrected chi connectivity index (χ0v) is 15.7. The molecule has 6 nitrogen and oxygen atoms in total. The fourth-order valence-electron chi connectivity index (χ4n) is 3.91. The molecule has 3 fully saturated rings. The maximum atomic E-state index is 12.9. The van der Waals surface area contributed by atoms with Crippen molar-refractivity contribution < 1.29 is 14.3 Å². The van der Waals surface area contributed by atoms with Gasteiger partial charge in [-0.1, -0.05) is 0 Å². The minimum Gasteiger partial charge on any atom is -0.474 e. The Bertz CT molecular complexity index is 654. The van der Waals surface area contributed by atoms with E-state index in [0.29, 0.717) is 23.1 Å². The van der Waals surface area contributed by atoms with Crippen molar-refractivity contribution in [2.45, 2.75) is 50.7 Å². The number of ether oxygens (including phenoxy) is 1. The minimum atomic E-state index is -0.347. The van der Waals surface area contributed by atoms with E-state index in [-0.39, 0.29) is 24.0 Å². The van der Waals surface area contributed by atoms with E-state index in [4.69, 9.17) is 4.74 Å². The van der Waals surface area contributed by atoms with Gasteiger partial charge in [0, 0.05) is 31.1 Å². The molecular formula is C19H25N3O3S. The standard InChI is InChI=1S/C19H25N3O3S/c23-18(14-7-8-17(20-11-14)25-15-5-1-2-6-15)22-13-26-12-16(22)19(24)21-9-3-4-10-21/h7-8,11,15-16H,1-6,9-10,12-13H2/t16-/m0/s1. The Labute approximate surface area is 158 Å². The second-order valence-electron chi connectivity index (χ2n) is 7.23. The Kier molecular flexibility index (Phi) is 5.33. The van der Waals surface area contributed by atoms with Crippen molar-refractivity contribution in [3.05, 3.63) is 23.9 Å². The fourth-order valence-corrected chi connectivity index (χ4v) is 5.06. The summed E-state index contributed by atoms with van der Waals surface area (Å²) in [5.41, 5.74) is 0.519. The molecule has 7 heteroatoms. The average molecular weight is 375 g/mol. The van der Waals surface area contributed by atoms with Crippen LogP contribution in [0.3, 0.4) is 0 Å². The Morgan fingerprint density at radius 2 is 1.88 bits per heavy atom. The first kappa shape index (κ1) is 17.6. The minimum absolute atomic E-state index is 0.0926. The van der Waals surface area contributed by atoms with Crippen LogP contribution in [-0.4, -0.2) is 63.5 Å². The molecule has 3 aliphatic rings. The van der Waals surface area contributed by atoms with E-state index >= 15 is 0 Å². The van der Waals surface area contributed by atoms with E-state index in [1.54, 1.807) is 35.0 Å². The van der Waals surface area contributed by atoms with Gasteiger partial charge in [0.2, 0.25) is 11.8 Å². The van der Waals surface area contributed by atoms with E-state index < -0.39 is 0 Å². The van der Waals surface area contributed by atoms with Gasteiger partial charge in [0.1, 0.15) is 12.1 Å². The molecule has 26 heavy (non-hydrogen) atoms. The van der Waals surface area contributed by atoms with Crippen LogP contribution in [0.25, 0.3) is 0 Å². The van der Waals surface area contributed by atoms with Crippen LogP contribution < -0.4 is 4.74 Å². The van der Waals surface area contributed by atoms with Crippen molar-refractivity contribution in [3.8, 4) is 5.88 Å². The summed E-state index contributed by atoms with van der Waals surface area (Å²) in [6, 6.07) is 3.19. The number of rotatable bonds is 4. The number of likely N-dealkylation sites (tertiary alicyclic amines) is 1. The summed E-state index contributed by atoms with van der Waals surface area (Å²) in [6.45, 7) is 1.63. The van der Waals surface area contributed by atoms with Gasteiger partial charge in [-0.25, -0.2) is 4.98 Å². The molecule has 1 saturated carbocycles. The molecule has 0 bridgehead atoms. The van der Waals surface area contributed by atoms with E-state index in [1.165, 1.54) is 12.8 Å². The molecule has 4 rings (SSSR count). The summed E-state index contributed by atoms with van der Waals surface area (Å²) in [4.78, 5) is 33.5. The van der Waals surface area contributed by atoms with Gasteiger partial charge in [-0.2, -0.15) is 0 Å². The molecule has 1 atom stereocenters. The highest BCUT2D eigenvalue weighted by Gasteiger charge is 2.38. The van der Waals surface area contributed by atoms with Crippen LogP contribution in [0.4, 0.5) is 0 Å². The molecule has 140 valence electrons. The highest BCUT2D eigenvalue weighted by atomic mass is 32.2. The van der Waals surface area contributed by atoms with Crippen molar-refractivity contribution in [2.75, 3.05) is 24.7 Å². The summed E-state index contributed by atoms with van der Waals surface area (Å²) in [7, 11) is 0. The number of thioether (sulfide) groups is 1. The van der Waals surface area contributed by atoms with Crippen molar-refractivity contribution in [3.63, 3.8) is 0 Å². The maximum absolute atomic E-state index is 12.9. The molecule has 1 aromatic heterocycles. The van der Waals surface area contributed by atoms with Gasteiger partial charge >= 0.3 is 0 Å². The number of carbonyl (C=O) groups excluding carboxylic acids is 2. The highest BCUT2D eigenvalue weighted by molar-refractivity contribution is 7.99. The first-order valence-corrected chi connectivity index (χ1v) is 10.7. The van der Waals surface area contributed by atoms with Crippen molar-refractivity contribution in [2.24, 2.45) is 0 Å². The Balaban J connectivity index is 1.41. The molecule has 2 amide bonds. The molecule has 0 radical (unpaired) electrons. The first-order valence-electron chi connectivity index (χ1n) is 9.52. The fraction of sp³-hybridized carbons (Fsp3) is 0.632. The number of carbonyl (C=O) groups is 2. The number of amides is 2. The van der Waals surface area contributed by atoms with Crippen LogP contribution in [-0.2, 0) is 4.79 Å². The first-order chi connectivity index (χ1) is 12.7. The molecule has 1 aliphatic carbocycles. The largest absolute Gasteiger partial charge is 0.474 e. The predicted octanol–water partition coefficient (Wildman–Crippen LogP) is 2.54. The maximum Gasteiger partial charge on any atom is 0.256 e. The lowest BCUT2D eigenvalue weighted by Crippen LogP contribution is -2.48. The molecule has 2 saturated heterocycles. The van der Waals surface area contributed by atoms with E-state index in [9.17, 15) is 9.59 Å². The van der Waals surface area contributed by atoms with Gasteiger partial charge in [-0.05, 0) is 44.6 Å². The number of hydrogen-bond donors (Lipinski definition) is 0. The summed E-state index contributed by atoms with van der Waals surface area (Å²) >= 11 is 1.64. The Morgan fingerprint density at radius 1 is 1.12 bits per heavy atom. The van der Waals surface area contributed by atoms with Crippen molar-refractivity contribution >= 4 is 23.6 Å². The van der Waals surface area contributed by atoms with E-state index in [2.05, 4.69) is 4.98 Å². The molecule has 1 aromatic rings. The van der Waals surface area contributed by atoms with Gasteiger partial charge < -0.3 is 14.5 Å². The lowest BCUT2D eigenvalue weighted by molar-refractivity contribution is -0.133. The summed E-state index contributed by atoms with van der Waals surface area (Å²) in [6.07, 6.45) is 8.52. The third kappa shape index (κ3) is 3.68. The summed E-state index contributed by atoms with van der Waals surface area (Å²) < 4.78 is 5.86. The summed E-state index contributed by atoms with van der Waals surface area (Å²) in [5, 5.41) is 0. The zero-order chi connectivity index (χ0) is 17.9. The molecule has 0 aromatic carbocycles. The van der Waals surface area contributed by atoms with Crippen LogP contribution in [0.15, 0.2) is 18.3 Å². The molecule has 0 unspecified atom stereocenters. The van der Waals surface area contributed by atoms with E-state index in [1.807, 2.05) is 4.90 Å². The van der Waals surface area contributed by atoms with Gasteiger partial charge in [0.25, 0.3) is 5.91 Å². The van der Waals surface area contributed by atoms with Gasteiger partial charge in [0.15, 0.2) is 0 Å².